The summed E-state index contributed by atoms with van der Waals surface area (Å²) >= 11 is 6.02. The van der Waals surface area contributed by atoms with Crippen molar-refractivity contribution in [3.05, 3.63) is 68.9 Å². The minimum atomic E-state index is -1.02. The lowest BCUT2D eigenvalue weighted by Gasteiger charge is -2.27. The summed E-state index contributed by atoms with van der Waals surface area (Å²) in [5.74, 6) is 0. The fourth-order valence-corrected chi connectivity index (χ4v) is 3.55. The van der Waals surface area contributed by atoms with Crippen LogP contribution in [0.3, 0.4) is 0 Å². The minimum Gasteiger partial charge on any atom is -0.465 e. The molecule has 4 heterocycles. The molecule has 3 aromatic rings. The van der Waals surface area contributed by atoms with E-state index in [1.807, 2.05) is 12.1 Å². The first-order valence-electron chi connectivity index (χ1n) is 8.12. The summed E-state index contributed by atoms with van der Waals surface area (Å²) in [4.78, 5) is 34.4. The fourth-order valence-electron chi connectivity index (χ4n) is 3.37. The number of hydrogen-bond acceptors (Lipinski definition) is 4. The summed E-state index contributed by atoms with van der Waals surface area (Å²) in [6.07, 6.45) is 2.70. The van der Waals surface area contributed by atoms with Gasteiger partial charge in [-0.2, -0.15) is 0 Å². The minimum absolute atomic E-state index is 0.0807. The number of fused-ring (bicyclic) bond motifs is 3. The highest BCUT2D eigenvalue weighted by Crippen LogP contribution is 2.24. The van der Waals surface area contributed by atoms with E-state index in [-0.39, 0.29) is 18.6 Å². The van der Waals surface area contributed by atoms with E-state index in [1.165, 1.54) is 9.47 Å². The summed E-state index contributed by atoms with van der Waals surface area (Å²) in [5, 5.41) is 10.7. The highest BCUT2D eigenvalue weighted by atomic mass is 35.5. The van der Waals surface area contributed by atoms with Crippen LogP contribution < -0.4 is 5.56 Å². The molecule has 3 aromatic heterocycles. The molecule has 7 nitrogen and oxygen atoms in total. The van der Waals surface area contributed by atoms with E-state index >= 15 is 0 Å². The quantitative estimate of drug-likeness (QED) is 0.748. The van der Waals surface area contributed by atoms with Gasteiger partial charge in [-0.3, -0.25) is 14.3 Å². The molecule has 0 saturated heterocycles. The van der Waals surface area contributed by atoms with Gasteiger partial charge in [0.2, 0.25) is 0 Å². The van der Waals surface area contributed by atoms with Gasteiger partial charge in [0, 0.05) is 34.9 Å². The number of halogens is 1. The monoisotopic (exact) mass is 370 g/mol. The normalized spacial score (nSPS) is 13.7. The van der Waals surface area contributed by atoms with Crippen LogP contribution in [0.25, 0.3) is 11.0 Å². The summed E-state index contributed by atoms with van der Waals surface area (Å²) in [7, 11) is 0. The Morgan fingerprint density at radius 3 is 2.85 bits per heavy atom. The predicted molar refractivity (Wildman–Crippen MR) is 96.5 cm³/mol. The Hall–Kier alpha value is -2.93. The molecule has 4 rings (SSSR count). The maximum Gasteiger partial charge on any atom is 0.407 e. The molecular formula is C18H15ClN4O3. The summed E-state index contributed by atoms with van der Waals surface area (Å²) in [6.45, 7) is 0.663. The van der Waals surface area contributed by atoms with Crippen LogP contribution in [0.4, 0.5) is 4.79 Å². The second-order valence-corrected chi connectivity index (χ2v) is 6.58. The van der Waals surface area contributed by atoms with Crippen LogP contribution in [-0.4, -0.2) is 37.2 Å². The molecule has 0 radical (unpaired) electrons. The molecule has 0 aromatic carbocycles. The molecule has 0 saturated carbocycles. The van der Waals surface area contributed by atoms with Crippen LogP contribution in [0.1, 0.15) is 16.8 Å². The van der Waals surface area contributed by atoms with Crippen LogP contribution in [0.15, 0.2) is 41.5 Å². The first-order chi connectivity index (χ1) is 12.5. The number of pyridine rings is 3. The van der Waals surface area contributed by atoms with Crippen molar-refractivity contribution in [2.45, 2.75) is 19.5 Å². The van der Waals surface area contributed by atoms with Crippen molar-refractivity contribution in [3.63, 3.8) is 0 Å². The second kappa shape index (κ2) is 6.42. The zero-order chi connectivity index (χ0) is 18.3. The molecule has 0 unspecified atom stereocenters. The van der Waals surface area contributed by atoms with Gasteiger partial charge in [0.1, 0.15) is 5.65 Å². The maximum atomic E-state index is 13.1. The third-order valence-electron chi connectivity index (χ3n) is 4.58. The largest absolute Gasteiger partial charge is 0.465 e. The Morgan fingerprint density at radius 2 is 2.08 bits per heavy atom. The number of nitrogens with zero attached hydrogens (tertiary/aromatic N) is 4. The Morgan fingerprint density at radius 1 is 1.23 bits per heavy atom. The average molecular weight is 371 g/mol. The topological polar surface area (TPSA) is 88.3 Å². The first-order valence-corrected chi connectivity index (χ1v) is 8.50. The van der Waals surface area contributed by atoms with E-state index < -0.39 is 6.09 Å². The molecule has 1 amide bonds. The lowest BCUT2D eigenvalue weighted by molar-refractivity contribution is 0.139. The van der Waals surface area contributed by atoms with Gasteiger partial charge in [0.15, 0.2) is 0 Å². The smallest absolute Gasteiger partial charge is 0.407 e. The van der Waals surface area contributed by atoms with Crippen LogP contribution in [0.5, 0.6) is 0 Å². The van der Waals surface area contributed by atoms with Crippen LogP contribution >= 0.6 is 11.6 Å². The lowest BCUT2D eigenvalue weighted by atomic mass is 9.97. The van der Waals surface area contributed by atoms with Crippen molar-refractivity contribution in [2.75, 3.05) is 6.54 Å². The van der Waals surface area contributed by atoms with E-state index in [2.05, 4.69) is 9.97 Å². The van der Waals surface area contributed by atoms with Gasteiger partial charge in [-0.1, -0.05) is 11.6 Å². The van der Waals surface area contributed by atoms with Gasteiger partial charge in [-0.25, -0.2) is 9.78 Å². The molecule has 0 fully saturated rings. The zero-order valence-electron chi connectivity index (χ0n) is 13.7. The van der Waals surface area contributed by atoms with Crippen molar-refractivity contribution < 1.29 is 9.90 Å². The van der Waals surface area contributed by atoms with Crippen molar-refractivity contribution in [3.8, 4) is 0 Å². The summed E-state index contributed by atoms with van der Waals surface area (Å²) in [5.41, 5.74) is 2.35. The van der Waals surface area contributed by atoms with Gasteiger partial charge in [-0.05, 0) is 36.2 Å². The predicted octanol–water partition coefficient (Wildman–Crippen LogP) is 2.53. The Balaban J connectivity index is 1.91. The van der Waals surface area contributed by atoms with E-state index in [0.29, 0.717) is 34.9 Å². The molecule has 1 aliphatic heterocycles. The number of carbonyl (C=O) groups is 1. The van der Waals surface area contributed by atoms with E-state index in [4.69, 9.17) is 11.6 Å². The molecular weight excluding hydrogens is 356 g/mol. The highest BCUT2D eigenvalue weighted by molar-refractivity contribution is 6.30. The molecule has 0 atom stereocenters. The van der Waals surface area contributed by atoms with Crippen LogP contribution in [-0.2, 0) is 19.5 Å². The number of aromatic nitrogens is 3. The third-order valence-corrected chi connectivity index (χ3v) is 4.82. The van der Waals surface area contributed by atoms with Crippen LogP contribution in [0.2, 0.25) is 5.02 Å². The van der Waals surface area contributed by atoms with Gasteiger partial charge >= 0.3 is 6.09 Å². The van der Waals surface area contributed by atoms with Crippen molar-refractivity contribution in [1.29, 1.82) is 0 Å². The fraction of sp³-hybridized carbons (Fsp3) is 0.222. The Bertz CT molecular complexity index is 1080. The van der Waals surface area contributed by atoms with Crippen molar-refractivity contribution in [1.82, 2.24) is 19.4 Å². The number of amides is 1. The third kappa shape index (κ3) is 2.80. The Labute approximate surface area is 153 Å². The lowest BCUT2D eigenvalue weighted by Crippen LogP contribution is -2.40. The molecule has 8 heteroatoms. The number of carboxylic acid groups (broad SMARTS) is 1. The standard InChI is InChI=1S/C18H15ClN4O3/c19-11-3-6-20-12(8-11)9-23-16-14(2-1-5-21-16)13-4-7-22(18(25)26)10-15(13)17(23)24/h1-3,5-6,8H,4,7,9-10H2,(H,25,26). The van der Waals surface area contributed by atoms with Gasteiger partial charge in [-0.15, -0.1) is 0 Å². The molecule has 0 spiro atoms. The average Bonchev–Trinajstić information content (AvgIpc) is 2.64. The maximum absolute atomic E-state index is 13.1. The van der Waals surface area contributed by atoms with E-state index in [1.54, 1.807) is 24.5 Å². The van der Waals surface area contributed by atoms with E-state index in [0.717, 1.165) is 10.9 Å². The molecule has 0 bridgehead atoms. The Kier molecular flexibility index (Phi) is 4.08. The van der Waals surface area contributed by atoms with E-state index in [9.17, 15) is 14.7 Å². The first kappa shape index (κ1) is 16.5. The zero-order valence-corrected chi connectivity index (χ0v) is 14.5. The van der Waals surface area contributed by atoms with Crippen molar-refractivity contribution >= 4 is 28.7 Å². The molecule has 132 valence electrons. The highest BCUT2D eigenvalue weighted by Gasteiger charge is 2.26. The molecule has 1 N–H and O–H groups in total. The molecule has 0 aliphatic carbocycles. The molecule has 1 aliphatic rings. The second-order valence-electron chi connectivity index (χ2n) is 6.14. The van der Waals surface area contributed by atoms with Crippen LogP contribution in [0, 0.1) is 0 Å². The summed E-state index contributed by atoms with van der Waals surface area (Å²) in [6, 6.07) is 7.10. The van der Waals surface area contributed by atoms with Gasteiger partial charge in [0.05, 0.1) is 18.8 Å². The van der Waals surface area contributed by atoms with Crippen molar-refractivity contribution in [2.24, 2.45) is 0 Å². The molecule has 26 heavy (non-hydrogen) atoms. The SMILES string of the molecule is O=C(O)N1CCc2c(c(=O)n(Cc3cc(Cl)ccn3)c3ncccc23)C1. The number of hydrogen-bond donors (Lipinski definition) is 1. The number of rotatable bonds is 2. The summed E-state index contributed by atoms with van der Waals surface area (Å²) < 4.78 is 1.54. The van der Waals surface area contributed by atoms with Gasteiger partial charge in [0.25, 0.3) is 5.56 Å². The van der Waals surface area contributed by atoms with Gasteiger partial charge < -0.3 is 10.0 Å².